The number of aryl methyl sites for hydroxylation is 1. The third-order valence-corrected chi connectivity index (χ3v) is 6.08. The fourth-order valence-electron chi connectivity index (χ4n) is 2.84. The summed E-state index contributed by atoms with van der Waals surface area (Å²) in [7, 11) is -1.74. The number of nitrogens with two attached hydrogens (primary N) is 1. The molecule has 1 aromatic rings. The molecule has 2 rings (SSSR count). The Hall–Kier alpha value is -0.920. The van der Waals surface area contributed by atoms with Crippen LogP contribution in [0.1, 0.15) is 44.9 Å². The summed E-state index contributed by atoms with van der Waals surface area (Å²) in [6.07, 6.45) is 10.4. The van der Waals surface area contributed by atoms with Crippen molar-refractivity contribution in [2.75, 3.05) is 13.6 Å². The van der Waals surface area contributed by atoms with Crippen molar-refractivity contribution in [1.82, 2.24) is 14.1 Å². The predicted octanol–water partition coefficient (Wildman–Crippen LogP) is 1.58. The standard InChI is InChI=1S/C14H26N4O2S/c1-17(13-7-4-2-3-5-8-13)21(19,20)14-11-16-18(12-14)10-6-9-15/h11-13H,2-10,15H2,1H3. The van der Waals surface area contributed by atoms with Crippen molar-refractivity contribution < 1.29 is 8.42 Å². The van der Waals surface area contributed by atoms with Crippen LogP contribution in [-0.2, 0) is 16.6 Å². The van der Waals surface area contributed by atoms with Crippen LogP contribution in [0.2, 0.25) is 0 Å². The van der Waals surface area contributed by atoms with Crippen LogP contribution in [0.3, 0.4) is 0 Å². The van der Waals surface area contributed by atoms with E-state index in [1.807, 2.05) is 0 Å². The molecule has 1 aliphatic carbocycles. The zero-order valence-corrected chi connectivity index (χ0v) is 13.6. The Bertz CT molecular complexity index is 533. The highest BCUT2D eigenvalue weighted by Crippen LogP contribution is 2.25. The van der Waals surface area contributed by atoms with Gasteiger partial charge in [0.25, 0.3) is 0 Å². The molecule has 0 aromatic carbocycles. The van der Waals surface area contributed by atoms with E-state index in [4.69, 9.17) is 5.73 Å². The first-order chi connectivity index (χ1) is 10.1. The van der Waals surface area contributed by atoms with Gasteiger partial charge in [0.05, 0.1) is 6.20 Å². The molecule has 0 unspecified atom stereocenters. The fourth-order valence-corrected chi connectivity index (χ4v) is 4.21. The molecule has 6 nitrogen and oxygen atoms in total. The van der Waals surface area contributed by atoms with Gasteiger partial charge in [-0.25, -0.2) is 8.42 Å². The van der Waals surface area contributed by atoms with E-state index >= 15 is 0 Å². The molecule has 0 aliphatic heterocycles. The summed E-state index contributed by atoms with van der Waals surface area (Å²) in [5.74, 6) is 0. The highest BCUT2D eigenvalue weighted by Gasteiger charge is 2.29. The van der Waals surface area contributed by atoms with E-state index in [0.717, 1.165) is 32.1 Å². The normalized spacial score (nSPS) is 18.0. The van der Waals surface area contributed by atoms with Gasteiger partial charge >= 0.3 is 0 Å². The van der Waals surface area contributed by atoms with Crippen LogP contribution in [-0.4, -0.2) is 42.1 Å². The van der Waals surface area contributed by atoms with E-state index in [1.165, 1.54) is 19.0 Å². The molecule has 0 spiro atoms. The van der Waals surface area contributed by atoms with E-state index in [-0.39, 0.29) is 10.9 Å². The van der Waals surface area contributed by atoms with Gasteiger partial charge in [-0.05, 0) is 25.8 Å². The molecule has 1 fully saturated rings. The lowest BCUT2D eigenvalue weighted by atomic mass is 10.1. The van der Waals surface area contributed by atoms with Gasteiger partial charge in [-0.1, -0.05) is 25.7 Å². The van der Waals surface area contributed by atoms with Crippen LogP contribution in [0, 0.1) is 0 Å². The van der Waals surface area contributed by atoms with Crippen molar-refractivity contribution >= 4 is 10.0 Å². The first-order valence-corrected chi connectivity index (χ1v) is 9.20. The summed E-state index contributed by atoms with van der Waals surface area (Å²) in [4.78, 5) is 0.284. The van der Waals surface area contributed by atoms with Crippen molar-refractivity contribution in [3.05, 3.63) is 12.4 Å². The summed E-state index contributed by atoms with van der Waals surface area (Å²) < 4.78 is 28.6. The average molecular weight is 314 g/mol. The molecule has 7 heteroatoms. The molecule has 0 atom stereocenters. The molecule has 1 aromatic heterocycles. The Morgan fingerprint density at radius 2 is 2.00 bits per heavy atom. The maximum Gasteiger partial charge on any atom is 0.246 e. The lowest BCUT2D eigenvalue weighted by Gasteiger charge is -2.25. The van der Waals surface area contributed by atoms with Gasteiger partial charge in [-0.2, -0.15) is 9.40 Å². The first-order valence-electron chi connectivity index (χ1n) is 7.76. The second kappa shape index (κ2) is 7.38. The van der Waals surface area contributed by atoms with Gasteiger partial charge in [0.15, 0.2) is 0 Å². The maximum atomic E-state index is 12.7. The van der Waals surface area contributed by atoms with E-state index < -0.39 is 10.0 Å². The van der Waals surface area contributed by atoms with Gasteiger partial charge in [0.1, 0.15) is 4.90 Å². The van der Waals surface area contributed by atoms with Crippen molar-refractivity contribution in [2.45, 2.75) is 62.4 Å². The molecule has 120 valence electrons. The zero-order valence-electron chi connectivity index (χ0n) is 12.7. The molecule has 2 N–H and O–H groups in total. The summed E-state index contributed by atoms with van der Waals surface area (Å²) in [5.41, 5.74) is 5.46. The lowest BCUT2D eigenvalue weighted by molar-refractivity contribution is 0.335. The van der Waals surface area contributed by atoms with Gasteiger partial charge in [0, 0.05) is 25.8 Å². The van der Waals surface area contributed by atoms with Gasteiger partial charge in [-0.3, -0.25) is 4.68 Å². The van der Waals surface area contributed by atoms with Crippen LogP contribution in [0.5, 0.6) is 0 Å². The third-order valence-electron chi connectivity index (χ3n) is 4.22. The SMILES string of the molecule is CN(C1CCCCCC1)S(=O)(=O)c1cnn(CCCN)c1. The van der Waals surface area contributed by atoms with Crippen molar-refractivity contribution in [1.29, 1.82) is 0 Å². The lowest BCUT2D eigenvalue weighted by Crippen LogP contribution is -2.36. The summed E-state index contributed by atoms with van der Waals surface area (Å²) in [6.45, 7) is 1.23. The second-order valence-electron chi connectivity index (χ2n) is 5.75. The predicted molar refractivity (Wildman–Crippen MR) is 82.3 cm³/mol. The van der Waals surface area contributed by atoms with E-state index in [0.29, 0.717) is 13.1 Å². The molecule has 1 saturated carbocycles. The minimum Gasteiger partial charge on any atom is -0.330 e. The number of sulfonamides is 1. The molecular weight excluding hydrogens is 288 g/mol. The minimum absolute atomic E-state index is 0.116. The Morgan fingerprint density at radius 1 is 1.33 bits per heavy atom. The number of aromatic nitrogens is 2. The smallest absolute Gasteiger partial charge is 0.246 e. The number of hydrogen-bond donors (Lipinski definition) is 1. The fraction of sp³-hybridized carbons (Fsp3) is 0.786. The first kappa shape index (κ1) is 16.5. The van der Waals surface area contributed by atoms with E-state index in [2.05, 4.69) is 5.10 Å². The molecule has 1 heterocycles. The van der Waals surface area contributed by atoms with Gasteiger partial charge in [0.2, 0.25) is 10.0 Å². The Balaban J connectivity index is 2.10. The molecule has 0 amide bonds. The van der Waals surface area contributed by atoms with Gasteiger partial charge in [-0.15, -0.1) is 0 Å². The zero-order chi connectivity index (χ0) is 15.3. The molecule has 21 heavy (non-hydrogen) atoms. The van der Waals surface area contributed by atoms with Crippen LogP contribution < -0.4 is 5.73 Å². The van der Waals surface area contributed by atoms with Gasteiger partial charge < -0.3 is 5.73 Å². The summed E-state index contributed by atoms with van der Waals surface area (Å²) >= 11 is 0. The molecule has 1 aliphatic rings. The number of nitrogens with zero attached hydrogens (tertiary/aromatic N) is 3. The molecule has 0 saturated heterocycles. The largest absolute Gasteiger partial charge is 0.330 e. The van der Waals surface area contributed by atoms with Crippen molar-refractivity contribution in [3.63, 3.8) is 0 Å². The van der Waals surface area contributed by atoms with E-state index in [1.54, 1.807) is 22.2 Å². The topological polar surface area (TPSA) is 81.2 Å². The van der Waals surface area contributed by atoms with Crippen LogP contribution in [0.4, 0.5) is 0 Å². The number of hydrogen-bond acceptors (Lipinski definition) is 4. The van der Waals surface area contributed by atoms with Crippen LogP contribution in [0.15, 0.2) is 17.3 Å². The maximum absolute atomic E-state index is 12.7. The highest BCUT2D eigenvalue weighted by molar-refractivity contribution is 7.89. The average Bonchev–Trinajstić information content (AvgIpc) is 2.79. The molecule has 0 bridgehead atoms. The third kappa shape index (κ3) is 4.05. The van der Waals surface area contributed by atoms with Crippen molar-refractivity contribution in [2.24, 2.45) is 5.73 Å². The van der Waals surface area contributed by atoms with Crippen molar-refractivity contribution in [3.8, 4) is 0 Å². The molecule has 0 radical (unpaired) electrons. The molecular formula is C14H26N4O2S. The monoisotopic (exact) mass is 314 g/mol. The quantitative estimate of drug-likeness (QED) is 0.808. The summed E-state index contributed by atoms with van der Waals surface area (Å²) in [6, 6.07) is 0.116. The van der Waals surface area contributed by atoms with Crippen LogP contribution in [0.25, 0.3) is 0 Å². The number of rotatable bonds is 6. The van der Waals surface area contributed by atoms with Crippen LogP contribution >= 0.6 is 0 Å². The second-order valence-corrected chi connectivity index (χ2v) is 7.75. The Labute approximate surface area is 127 Å². The summed E-state index contributed by atoms with van der Waals surface area (Å²) in [5, 5.41) is 4.12. The minimum atomic E-state index is -3.44. The van der Waals surface area contributed by atoms with E-state index in [9.17, 15) is 8.42 Å². The Kier molecular flexibility index (Phi) is 5.78. The highest BCUT2D eigenvalue weighted by atomic mass is 32.2. The Morgan fingerprint density at radius 3 is 2.62 bits per heavy atom.